The number of allylic oxidation sites excluding steroid dienone is 2. The summed E-state index contributed by atoms with van der Waals surface area (Å²) in [6.07, 6.45) is 18.5. The molecule has 6 aliphatic rings. The molecule has 208 valence electrons. The molecule has 0 bridgehead atoms. The van der Waals surface area contributed by atoms with Gasteiger partial charge >= 0.3 is 0 Å². The van der Waals surface area contributed by atoms with Gasteiger partial charge in [-0.3, -0.25) is 0 Å². The molecule has 1 nitrogen and oxygen atoms in total. The second-order valence-corrected chi connectivity index (χ2v) is 14.7. The van der Waals surface area contributed by atoms with E-state index in [1.165, 1.54) is 70.6 Å². The van der Waals surface area contributed by atoms with E-state index in [9.17, 15) is 0 Å². The van der Waals surface area contributed by atoms with E-state index >= 15 is 0 Å². The van der Waals surface area contributed by atoms with E-state index in [1.54, 1.807) is 0 Å². The highest BCUT2D eigenvalue weighted by molar-refractivity contribution is 5.35. The standard InChI is InChI=1S/C31H50O.2C2H6/c1-8-20(2)17-26-27(4,5)21(3)31(32-26)16-14-24-23-13-12-22-11-9-10-15-28(22,6)25(23)18-30(24)19-29(30,31)7;2*1-2/h11,20-21,23-26H,8-10,12-19H2,1-7H3;2*1-2H3/t20?,21-,23?,24?,25?,26-,28?,29?,30?,31?;;/m1../s1. The topological polar surface area (TPSA) is 9.23 Å². The summed E-state index contributed by atoms with van der Waals surface area (Å²) in [5.74, 6) is 4.36. The van der Waals surface area contributed by atoms with Crippen LogP contribution < -0.4 is 0 Å². The summed E-state index contributed by atoms with van der Waals surface area (Å²) in [6.45, 7) is 25.8. The van der Waals surface area contributed by atoms with E-state index in [4.69, 9.17) is 4.74 Å². The molecule has 1 heteroatoms. The molecule has 1 aliphatic heterocycles. The molecule has 5 fully saturated rings. The Morgan fingerprint density at radius 3 is 2.36 bits per heavy atom. The third-order valence-electron chi connectivity index (χ3n) is 13.6. The van der Waals surface area contributed by atoms with Crippen molar-refractivity contribution in [2.45, 2.75) is 158 Å². The lowest BCUT2D eigenvalue weighted by molar-refractivity contribution is -0.146. The second-order valence-electron chi connectivity index (χ2n) is 14.7. The molecule has 1 saturated heterocycles. The predicted molar refractivity (Wildman–Crippen MR) is 156 cm³/mol. The van der Waals surface area contributed by atoms with Crippen LogP contribution in [0.15, 0.2) is 11.6 Å². The van der Waals surface area contributed by atoms with Crippen LogP contribution in [0.2, 0.25) is 0 Å². The van der Waals surface area contributed by atoms with Crippen LogP contribution in [0.3, 0.4) is 0 Å². The summed E-state index contributed by atoms with van der Waals surface area (Å²) < 4.78 is 7.42. The summed E-state index contributed by atoms with van der Waals surface area (Å²) in [5, 5.41) is 0. The Hall–Kier alpha value is -0.300. The molecule has 0 aromatic carbocycles. The Kier molecular flexibility index (Phi) is 7.74. The molecule has 0 amide bonds. The lowest BCUT2D eigenvalue weighted by Gasteiger charge is -2.50. The van der Waals surface area contributed by atoms with Gasteiger partial charge in [-0.25, -0.2) is 0 Å². The number of ether oxygens (including phenoxy) is 1. The summed E-state index contributed by atoms with van der Waals surface area (Å²) >= 11 is 0. The van der Waals surface area contributed by atoms with Gasteiger partial charge in [-0.2, -0.15) is 0 Å². The molecule has 0 N–H and O–H groups in total. The molecule has 2 spiro atoms. The monoisotopic (exact) mass is 498 g/mol. The number of rotatable bonds is 3. The molecule has 36 heavy (non-hydrogen) atoms. The molecule has 0 aromatic rings. The van der Waals surface area contributed by atoms with E-state index in [2.05, 4.69) is 54.5 Å². The lowest BCUT2D eigenvalue weighted by Crippen LogP contribution is -2.51. The van der Waals surface area contributed by atoms with Gasteiger partial charge in [0, 0.05) is 5.41 Å². The van der Waals surface area contributed by atoms with Gasteiger partial charge < -0.3 is 4.74 Å². The number of hydrogen-bond donors (Lipinski definition) is 0. The highest BCUT2D eigenvalue weighted by atomic mass is 16.5. The molecule has 4 saturated carbocycles. The van der Waals surface area contributed by atoms with E-state index in [0.29, 0.717) is 33.7 Å². The van der Waals surface area contributed by atoms with Crippen molar-refractivity contribution in [3.05, 3.63) is 11.6 Å². The SMILES string of the molecule is CC.CC.CCC(C)C[C@H]1OC2(CCC3C4CCC5=CCCCC5(C)C4CC34CC42C)[C@H](C)C1(C)C. The van der Waals surface area contributed by atoms with Crippen LogP contribution in [0.1, 0.15) is 147 Å². The third kappa shape index (κ3) is 3.55. The maximum atomic E-state index is 7.42. The maximum absolute atomic E-state index is 7.42. The van der Waals surface area contributed by atoms with Gasteiger partial charge in [-0.15, -0.1) is 0 Å². The molecular formula is C35H62O. The van der Waals surface area contributed by atoms with Crippen molar-refractivity contribution in [1.29, 1.82) is 0 Å². The zero-order valence-electron chi connectivity index (χ0n) is 26.2. The van der Waals surface area contributed by atoms with Crippen LogP contribution in [-0.4, -0.2) is 11.7 Å². The summed E-state index contributed by atoms with van der Waals surface area (Å²) in [5.41, 5.74) is 3.80. The van der Waals surface area contributed by atoms with Crippen molar-refractivity contribution in [3.63, 3.8) is 0 Å². The van der Waals surface area contributed by atoms with Gasteiger partial charge in [0.15, 0.2) is 0 Å². The molecule has 8 unspecified atom stereocenters. The van der Waals surface area contributed by atoms with Gasteiger partial charge in [-0.05, 0) is 110 Å². The molecule has 1 heterocycles. The van der Waals surface area contributed by atoms with E-state index in [-0.39, 0.29) is 5.60 Å². The predicted octanol–water partition coefficient (Wildman–Crippen LogP) is 10.6. The molecular weight excluding hydrogens is 436 g/mol. The average molecular weight is 499 g/mol. The highest BCUT2D eigenvalue weighted by Gasteiger charge is 2.84. The fraction of sp³-hybridized carbons (Fsp3) is 0.943. The number of fused-ring (bicyclic) bond motifs is 5. The summed E-state index contributed by atoms with van der Waals surface area (Å²) in [7, 11) is 0. The number of hydrogen-bond acceptors (Lipinski definition) is 1. The minimum atomic E-state index is 0.130. The Balaban J connectivity index is 0.000000726. The van der Waals surface area contributed by atoms with Crippen LogP contribution in [0.4, 0.5) is 0 Å². The van der Waals surface area contributed by atoms with Crippen molar-refractivity contribution >= 4 is 0 Å². The van der Waals surface area contributed by atoms with Crippen molar-refractivity contribution in [2.75, 3.05) is 0 Å². The Bertz CT molecular complexity index is 824. The van der Waals surface area contributed by atoms with Gasteiger partial charge in [0.2, 0.25) is 0 Å². The normalized spacial score (nSPS) is 50.2. The molecule has 10 atom stereocenters. The zero-order chi connectivity index (χ0) is 26.7. The largest absolute Gasteiger partial charge is 0.370 e. The first-order valence-corrected chi connectivity index (χ1v) is 16.4. The van der Waals surface area contributed by atoms with Gasteiger partial charge in [0.05, 0.1) is 11.7 Å². The van der Waals surface area contributed by atoms with Crippen LogP contribution in [-0.2, 0) is 4.74 Å². The average Bonchev–Trinajstić information content (AvgIpc) is 3.30. The van der Waals surface area contributed by atoms with Gasteiger partial charge in [-0.1, -0.05) is 94.2 Å². The molecule has 0 radical (unpaired) electrons. The minimum absolute atomic E-state index is 0.130. The first-order valence-electron chi connectivity index (χ1n) is 16.4. The van der Waals surface area contributed by atoms with Crippen LogP contribution in [0.25, 0.3) is 0 Å². The Morgan fingerprint density at radius 2 is 1.69 bits per heavy atom. The van der Waals surface area contributed by atoms with E-state index in [1.807, 2.05) is 33.3 Å². The van der Waals surface area contributed by atoms with Crippen LogP contribution in [0.5, 0.6) is 0 Å². The first-order chi connectivity index (χ1) is 17.1. The smallest absolute Gasteiger partial charge is 0.0776 e. The maximum Gasteiger partial charge on any atom is 0.0776 e. The second kappa shape index (κ2) is 9.71. The van der Waals surface area contributed by atoms with Crippen molar-refractivity contribution < 1.29 is 4.74 Å². The van der Waals surface area contributed by atoms with Crippen molar-refractivity contribution in [1.82, 2.24) is 0 Å². The van der Waals surface area contributed by atoms with E-state index in [0.717, 1.165) is 23.7 Å². The van der Waals surface area contributed by atoms with Gasteiger partial charge in [0.25, 0.3) is 0 Å². The quantitative estimate of drug-likeness (QED) is 0.351. The fourth-order valence-corrected chi connectivity index (χ4v) is 11.0. The first kappa shape index (κ1) is 28.7. The Labute approximate surface area is 226 Å². The van der Waals surface area contributed by atoms with Crippen LogP contribution in [0, 0.1) is 51.2 Å². The summed E-state index contributed by atoms with van der Waals surface area (Å²) in [6, 6.07) is 0. The van der Waals surface area contributed by atoms with Gasteiger partial charge in [0.1, 0.15) is 0 Å². The molecule has 5 aliphatic carbocycles. The van der Waals surface area contributed by atoms with Crippen molar-refractivity contribution in [2.24, 2.45) is 51.2 Å². The third-order valence-corrected chi connectivity index (χ3v) is 13.6. The molecule has 0 aromatic heterocycles. The van der Waals surface area contributed by atoms with Crippen LogP contribution >= 0.6 is 0 Å². The minimum Gasteiger partial charge on any atom is -0.370 e. The Morgan fingerprint density at radius 1 is 1.00 bits per heavy atom. The zero-order valence-corrected chi connectivity index (χ0v) is 26.2. The highest BCUT2D eigenvalue weighted by Crippen LogP contribution is 2.87. The fourth-order valence-electron chi connectivity index (χ4n) is 11.0. The summed E-state index contributed by atoms with van der Waals surface area (Å²) in [4.78, 5) is 0. The molecule has 6 rings (SSSR count). The lowest BCUT2D eigenvalue weighted by atomic mass is 9.55. The van der Waals surface area contributed by atoms with E-state index < -0.39 is 0 Å². The van der Waals surface area contributed by atoms with Crippen molar-refractivity contribution in [3.8, 4) is 0 Å².